The van der Waals surface area contributed by atoms with Gasteiger partial charge in [0.05, 0.1) is 11.2 Å². The van der Waals surface area contributed by atoms with Crippen LogP contribution in [0.3, 0.4) is 0 Å². The lowest BCUT2D eigenvalue weighted by Gasteiger charge is -2.13. The van der Waals surface area contributed by atoms with Gasteiger partial charge in [0.25, 0.3) is 0 Å². The Morgan fingerprint density at radius 2 is 2.00 bits per heavy atom. The Morgan fingerprint density at radius 3 is 2.53 bits per heavy atom. The molecule has 5 heteroatoms. The minimum atomic E-state index is -0.614. The van der Waals surface area contributed by atoms with Crippen molar-refractivity contribution in [3.05, 3.63) is 40.2 Å². The number of thiazole rings is 1. The highest BCUT2D eigenvalue weighted by molar-refractivity contribution is 7.10. The van der Waals surface area contributed by atoms with Crippen LogP contribution in [0.1, 0.15) is 18.9 Å². The molecule has 0 saturated carbocycles. The van der Waals surface area contributed by atoms with Crippen LogP contribution in [0, 0.1) is 11.6 Å². The lowest BCUT2D eigenvalue weighted by Crippen LogP contribution is -2.28. The van der Waals surface area contributed by atoms with E-state index in [4.69, 9.17) is 5.73 Å². The summed E-state index contributed by atoms with van der Waals surface area (Å²) in [6.45, 7) is 3.66. The van der Waals surface area contributed by atoms with E-state index in [0.717, 1.165) is 11.1 Å². The molecule has 0 saturated heterocycles. The molecule has 2 rings (SSSR count). The summed E-state index contributed by atoms with van der Waals surface area (Å²) in [5, 5.41) is 2.44. The fourth-order valence-electron chi connectivity index (χ4n) is 1.39. The Kier molecular flexibility index (Phi) is 2.97. The van der Waals surface area contributed by atoms with Crippen LogP contribution in [0.2, 0.25) is 0 Å². The zero-order valence-corrected chi connectivity index (χ0v) is 10.3. The molecule has 0 spiro atoms. The van der Waals surface area contributed by atoms with Crippen LogP contribution >= 0.6 is 11.3 Å². The standard InChI is InChI=1S/C12H12F2N2S/c1-12(2,15)11-16-10(6-17-11)8-4-3-7(13)5-9(8)14/h3-6H,15H2,1-2H3. The van der Waals surface area contributed by atoms with Crippen LogP contribution < -0.4 is 5.73 Å². The smallest absolute Gasteiger partial charge is 0.135 e. The number of halogens is 2. The Balaban J connectivity index is 2.44. The van der Waals surface area contributed by atoms with E-state index in [1.165, 1.54) is 23.5 Å². The second kappa shape index (κ2) is 4.16. The summed E-state index contributed by atoms with van der Waals surface area (Å²) in [5.41, 5.74) is 6.13. The summed E-state index contributed by atoms with van der Waals surface area (Å²) in [6, 6.07) is 3.44. The highest BCUT2D eigenvalue weighted by Crippen LogP contribution is 2.28. The lowest BCUT2D eigenvalue weighted by molar-refractivity contribution is 0.550. The molecule has 0 unspecified atom stereocenters. The van der Waals surface area contributed by atoms with Crippen LogP contribution in [-0.2, 0) is 5.54 Å². The maximum Gasteiger partial charge on any atom is 0.135 e. The molecule has 1 heterocycles. The van der Waals surface area contributed by atoms with Crippen molar-refractivity contribution < 1.29 is 8.78 Å². The summed E-state index contributed by atoms with van der Waals surface area (Å²) in [6.07, 6.45) is 0. The third kappa shape index (κ3) is 2.50. The normalized spacial score (nSPS) is 11.8. The van der Waals surface area contributed by atoms with E-state index in [1.807, 2.05) is 13.8 Å². The summed E-state index contributed by atoms with van der Waals surface area (Å²) < 4.78 is 26.3. The van der Waals surface area contributed by atoms with Crippen LogP contribution in [0.4, 0.5) is 8.78 Å². The van der Waals surface area contributed by atoms with E-state index in [-0.39, 0.29) is 5.56 Å². The number of benzene rings is 1. The summed E-state index contributed by atoms with van der Waals surface area (Å²) in [5.74, 6) is -1.21. The number of hydrogen-bond acceptors (Lipinski definition) is 3. The predicted octanol–water partition coefficient (Wildman–Crippen LogP) is 3.28. The van der Waals surface area contributed by atoms with Gasteiger partial charge in [-0.1, -0.05) is 0 Å². The van der Waals surface area contributed by atoms with Gasteiger partial charge in [0.2, 0.25) is 0 Å². The molecule has 0 radical (unpaired) electrons. The molecule has 0 fully saturated rings. The van der Waals surface area contributed by atoms with E-state index < -0.39 is 17.2 Å². The first-order valence-electron chi connectivity index (χ1n) is 5.08. The van der Waals surface area contributed by atoms with Crippen molar-refractivity contribution in [2.24, 2.45) is 5.73 Å². The van der Waals surface area contributed by atoms with Crippen molar-refractivity contribution in [3.63, 3.8) is 0 Å². The van der Waals surface area contributed by atoms with Gasteiger partial charge < -0.3 is 5.73 Å². The quantitative estimate of drug-likeness (QED) is 0.893. The Bertz CT molecular complexity index is 544. The Labute approximate surface area is 102 Å². The molecule has 17 heavy (non-hydrogen) atoms. The van der Waals surface area contributed by atoms with Gasteiger partial charge in [-0.15, -0.1) is 11.3 Å². The van der Waals surface area contributed by atoms with Crippen molar-refractivity contribution in [3.8, 4) is 11.3 Å². The monoisotopic (exact) mass is 254 g/mol. The molecule has 0 atom stereocenters. The van der Waals surface area contributed by atoms with E-state index >= 15 is 0 Å². The van der Waals surface area contributed by atoms with E-state index in [9.17, 15) is 8.78 Å². The second-order valence-corrected chi connectivity index (χ2v) is 5.24. The molecule has 2 aromatic rings. The molecule has 0 aliphatic rings. The topological polar surface area (TPSA) is 38.9 Å². The van der Waals surface area contributed by atoms with Crippen LogP contribution in [0.5, 0.6) is 0 Å². The maximum absolute atomic E-state index is 13.5. The molecule has 1 aromatic heterocycles. The minimum Gasteiger partial charge on any atom is -0.320 e. The van der Waals surface area contributed by atoms with Crippen molar-refractivity contribution >= 4 is 11.3 Å². The number of nitrogens with two attached hydrogens (primary N) is 1. The second-order valence-electron chi connectivity index (χ2n) is 4.38. The molecule has 90 valence electrons. The summed E-state index contributed by atoms with van der Waals surface area (Å²) >= 11 is 1.37. The average molecular weight is 254 g/mol. The minimum absolute atomic E-state index is 0.290. The zero-order valence-electron chi connectivity index (χ0n) is 9.50. The molecule has 0 aliphatic heterocycles. The van der Waals surface area contributed by atoms with E-state index in [2.05, 4.69) is 4.98 Å². The van der Waals surface area contributed by atoms with Gasteiger partial charge in [-0.3, -0.25) is 0 Å². The van der Waals surface area contributed by atoms with Gasteiger partial charge in [0.15, 0.2) is 0 Å². The molecule has 2 N–H and O–H groups in total. The van der Waals surface area contributed by atoms with Crippen LogP contribution in [0.15, 0.2) is 23.6 Å². The van der Waals surface area contributed by atoms with Crippen molar-refractivity contribution in [1.29, 1.82) is 0 Å². The lowest BCUT2D eigenvalue weighted by atomic mass is 10.1. The van der Waals surface area contributed by atoms with Crippen molar-refractivity contribution in [2.45, 2.75) is 19.4 Å². The van der Waals surface area contributed by atoms with Crippen LogP contribution in [0.25, 0.3) is 11.3 Å². The van der Waals surface area contributed by atoms with Gasteiger partial charge in [-0.05, 0) is 26.0 Å². The fraction of sp³-hybridized carbons (Fsp3) is 0.250. The van der Waals surface area contributed by atoms with Crippen molar-refractivity contribution in [2.75, 3.05) is 0 Å². The summed E-state index contributed by atoms with van der Waals surface area (Å²) in [4.78, 5) is 4.27. The van der Waals surface area contributed by atoms with Gasteiger partial charge in [-0.2, -0.15) is 0 Å². The van der Waals surface area contributed by atoms with E-state index in [0.29, 0.717) is 5.69 Å². The fourth-order valence-corrected chi connectivity index (χ4v) is 2.25. The van der Waals surface area contributed by atoms with Gasteiger partial charge in [0, 0.05) is 17.0 Å². The third-order valence-electron chi connectivity index (χ3n) is 2.26. The van der Waals surface area contributed by atoms with E-state index in [1.54, 1.807) is 5.38 Å². The predicted molar refractivity (Wildman–Crippen MR) is 64.7 cm³/mol. The number of nitrogens with zero attached hydrogens (tertiary/aromatic N) is 1. The first-order chi connectivity index (χ1) is 7.88. The van der Waals surface area contributed by atoms with Gasteiger partial charge in [0.1, 0.15) is 16.6 Å². The number of rotatable bonds is 2. The number of aromatic nitrogens is 1. The van der Waals surface area contributed by atoms with Gasteiger partial charge in [-0.25, -0.2) is 13.8 Å². The SMILES string of the molecule is CC(C)(N)c1nc(-c2ccc(F)cc2F)cs1. The molecule has 0 aliphatic carbocycles. The van der Waals surface area contributed by atoms with Crippen LogP contribution in [-0.4, -0.2) is 4.98 Å². The third-order valence-corrected chi connectivity index (χ3v) is 3.44. The molecule has 0 bridgehead atoms. The highest BCUT2D eigenvalue weighted by Gasteiger charge is 2.19. The molecule has 1 aromatic carbocycles. The zero-order chi connectivity index (χ0) is 12.6. The molecule has 0 amide bonds. The summed E-state index contributed by atoms with van der Waals surface area (Å²) in [7, 11) is 0. The molecular formula is C12H12F2N2S. The first kappa shape index (κ1) is 12.1. The first-order valence-corrected chi connectivity index (χ1v) is 5.96. The average Bonchev–Trinajstić information content (AvgIpc) is 2.65. The Hall–Kier alpha value is -1.33. The molecule has 2 nitrogen and oxygen atoms in total. The maximum atomic E-state index is 13.5. The van der Waals surface area contributed by atoms with Gasteiger partial charge >= 0.3 is 0 Å². The highest BCUT2D eigenvalue weighted by atomic mass is 32.1. The number of hydrogen-bond donors (Lipinski definition) is 1. The molecular weight excluding hydrogens is 242 g/mol. The van der Waals surface area contributed by atoms with Crippen molar-refractivity contribution in [1.82, 2.24) is 4.98 Å². The Morgan fingerprint density at radius 1 is 1.29 bits per heavy atom. The largest absolute Gasteiger partial charge is 0.320 e.